The van der Waals surface area contributed by atoms with Gasteiger partial charge in [-0.1, -0.05) is 23.4 Å². The van der Waals surface area contributed by atoms with Gasteiger partial charge < -0.3 is 9.63 Å². The number of alkyl halides is 2. The van der Waals surface area contributed by atoms with Crippen LogP contribution in [0.3, 0.4) is 0 Å². The third kappa shape index (κ3) is 2.30. The van der Waals surface area contributed by atoms with E-state index in [1.807, 2.05) is 0 Å². The Labute approximate surface area is 94.5 Å². The van der Waals surface area contributed by atoms with Gasteiger partial charge in [0.15, 0.2) is 11.5 Å². The van der Waals surface area contributed by atoms with Gasteiger partial charge in [0.05, 0.1) is 0 Å². The summed E-state index contributed by atoms with van der Waals surface area (Å²) in [4.78, 5) is 10.6. The summed E-state index contributed by atoms with van der Waals surface area (Å²) >= 11 is 0. The molecule has 2 rings (SSSR count). The van der Waals surface area contributed by atoms with E-state index in [9.17, 15) is 13.6 Å². The lowest BCUT2D eigenvalue weighted by atomic mass is 10.1. The van der Waals surface area contributed by atoms with Gasteiger partial charge in [-0.2, -0.15) is 0 Å². The number of hydrogen-bond acceptors (Lipinski definition) is 3. The van der Waals surface area contributed by atoms with Crippen molar-refractivity contribution in [3.05, 3.63) is 41.6 Å². The highest BCUT2D eigenvalue weighted by molar-refractivity contribution is 5.86. The number of rotatable bonds is 3. The summed E-state index contributed by atoms with van der Waals surface area (Å²) < 4.78 is 29.7. The molecule has 0 saturated heterocycles. The summed E-state index contributed by atoms with van der Waals surface area (Å²) in [7, 11) is 0. The van der Waals surface area contributed by atoms with Crippen LogP contribution in [0.2, 0.25) is 0 Å². The molecule has 0 aliphatic rings. The molecular formula is C11H7F2NO3. The molecule has 0 amide bonds. The van der Waals surface area contributed by atoms with E-state index in [-0.39, 0.29) is 17.0 Å². The number of carboxylic acids is 1. The minimum Gasteiger partial charge on any atom is -0.476 e. The zero-order chi connectivity index (χ0) is 12.4. The summed E-state index contributed by atoms with van der Waals surface area (Å²) in [6, 6.07) is 6.68. The Kier molecular flexibility index (Phi) is 2.86. The third-order valence-corrected chi connectivity index (χ3v) is 2.15. The molecule has 6 heteroatoms. The number of nitrogens with zero attached hydrogens (tertiary/aromatic N) is 1. The molecule has 0 fully saturated rings. The van der Waals surface area contributed by atoms with E-state index < -0.39 is 12.4 Å². The molecule has 0 aliphatic carbocycles. The average Bonchev–Trinajstić information content (AvgIpc) is 2.78. The monoisotopic (exact) mass is 239 g/mol. The zero-order valence-corrected chi connectivity index (χ0v) is 8.43. The van der Waals surface area contributed by atoms with Crippen molar-refractivity contribution in [1.82, 2.24) is 5.16 Å². The molecule has 4 nitrogen and oxygen atoms in total. The van der Waals surface area contributed by atoms with Crippen molar-refractivity contribution in [2.24, 2.45) is 0 Å². The van der Waals surface area contributed by atoms with Crippen LogP contribution in [0.5, 0.6) is 0 Å². The number of benzene rings is 1. The molecule has 1 aromatic heterocycles. The van der Waals surface area contributed by atoms with Crippen molar-refractivity contribution in [3.8, 4) is 11.3 Å². The second kappa shape index (κ2) is 4.32. The Hall–Kier alpha value is -2.24. The van der Waals surface area contributed by atoms with Crippen LogP contribution >= 0.6 is 0 Å². The molecule has 0 spiro atoms. The SMILES string of the molecule is O=C(O)c1cc(-c2cccc(C(F)F)c2)on1. The fraction of sp³-hybridized carbons (Fsp3) is 0.0909. The lowest BCUT2D eigenvalue weighted by molar-refractivity contribution is 0.0686. The highest BCUT2D eigenvalue weighted by Gasteiger charge is 2.14. The summed E-state index contributed by atoms with van der Waals surface area (Å²) in [5.41, 5.74) is -0.0546. The van der Waals surface area contributed by atoms with Crippen molar-refractivity contribution >= 4 is 5.97 Å². The molecule has 0 unspecified atom stereocenters. The van der Waals surface area contributed by atoms with E-state index in [0.29, 0.717) is 5.56 Å². The molecule has 1 aromatic carbocycles. The summed E-state index contributed by atoms with van der Waals surface area (Å²) in [6.45, 7) is 0. The summed E-state index contributed by atoms with van der Waals surface area (Å²) in [5.74, 6) is -1.09. The predicted octanol–water partition coefficient (Wildman–Crippen LogP) is 2.98. The van der Waals surface area contributed by atoms with Crippen LogP contribution in [-0.4, -0.2) is 16.2 Å². The number of carbonyl (C=O) groups is 1. The number of hydrogen-bond donors (Lipinski definition) is 1. The third-order valence-electron chi connectivity index (χ3n) is 2.15. The van der Waals surface area contributed by atoms with E-state index in [2.05, 4.69) is 5.16 Å². The second-order valence-electron chi connectivity index (χ2n) is 3.31. The number of carboxylic acid groups (broad SMARTS) is 1. The quantitative estimate of drug-likeness (QED) is 0.894. The van der Waals surface area contributed by atoms with Crippen LogP contribution in [-0.2, 0) is 0 Å². The van der Waals surface area contributed by atoms with Crippen LogP contribution in [0.15, 0.2) is 34.9 Å². The number of aromatic nitrogens is 1. The van der Waals surface area contributed by atoms with Gasteiger partial charge in [0.25, 0.3) is 6.43 Å². The summed E-state index contributed by atoms with van der Waals surface area (Å²) in [5, 5.41) is 11.9. The first kappa shape index (κ1) is 11.3. The maximum atomic E-state index is 12.5. The van der Waals surface area contributed by atoms with Gasteiger partial charge in [0, 0.05) is 17.2 Å². The van der Waals surface area contributed by atoms with Gasteiger partial charge in [-0.05, 0) is 6.07 Å². The van der Waals surface area contributed by atoms with Crippen molar-refractivity contribution in [3.63, 3.8) is 0 Å². The smallest absolute Gasteiger partial charge is 0.358 e. The lowest BCUT2D eigenvalue weighted by Gasteiger charge is -2.00. The van der Waals surface area contributed by atoms with Gasteiger partial charge in [-0.3, -0.25) is 0 Å². The molecule has 0 bridgehead atoms. The minimum atomic E-state index is -2.59. The summed E-state index contributed by atoms with van der Waals surface area (Å²) in [6.07, 6.45) is -2.59. The normalized spacial score (nSPS) is 10.8. The molecular weight excluding hydrogens is 232 g/mol. The van der Waals surface area contributed by atoms with Crippen LogP contribution in [0.25, 0.3) is 11.3 Å². The molecule has 0 saturated carbocycles. The van der Waals surface area contributed by atoms with Crippen molar-refractivity contribution in [1.29, 1.82) is 0 Å². The first-order valence-electron chi connectivity index (χ1n) is 4.66. The van der Waals surface area contributed by atoms with E-state index in [1.165, 1.54) is 30.3 Å². The van der Waals surface area contributed by atoms with Gasteiger partial charge in [0.2, 0.25) is 0 Å². The maximum Gasteiger partial charge on any atom is 0.358 e. The zero-order valence-electron chi connectivity index (χ0n) is 8.43. The van der Waals surface area contributed by atoms with Crippen LogP contribution in [0.4, 0.5) is 8.78 Å². The lowest BCUT2D eigenvalue weighted by Crippen LogP contribution is -1.94. The first-order valence-corrected chi connectivity index (χ1v) is 4.66. The Balaban J connectivity index is 2.38. The Morgan fingerprint density at radius 2 is 2.12 bits per heavy atom. The van der Waals surface area contributed by atoms with Crippen LogP contribution in [0, 0.1) is 0 Å². The highest BCUT2D eigenvalue weighted by atomic mass is 19.3. The van der Waals surface area contributed by atoms with Crippen LogP contribution < -0.4 is 0 Å². The van der Waals surface area contributed by atoms with E-state index >= 15 is 0 Å². The van der Waals surface area contributed by atoms with Gasteiger partial charge >= 0.3 is 5.97 Å². The molecule has 1 heterocycles. The van der Waals surface area contributed by atoms with E-state index in [4.69, 9.17) is 9.63 Å². The fourth-order valence-corrected chi connectivity index (χ4v) is 1.34. The van der Waals surface area contributed by atoms with Crippen molar-refractivity contribution in [2.45, 2.75) is 6.43 Å². The minimum absolute atomic E-state index is 0.143. The molecule has 88 valence electrons. The maximum absolute atomic E-state index is 12.5. The predicted molar refractivity (Wildman–Crippen MR) is 53.9 cm³/mol. The Morgan fingerprint density at radius 1 is 1.35 bits per heavy atom. The average molecular weight is 239 g/mol. The second-order valence-corrected chi connectivity index (χ2v) is 3.31. The fourth-order valence-electron chi connectivity index (χ4n) is 1.34. The van der Waals surface area contributed by atoms with Crippen molar-refractivity contribution < 1.29 is 23.2 Å². The molecule has 0 aliphatic heterocycles. The Bertz CT molecular complexity index is 551. The van der Waals surface area contributed by atoms with Gasteiger partial charge in [0.1, 0.15) is 0 Å². The molecule has 0 radical (unpaired) electrons. The molecule has 0 atom stereocenters. The first-order chi connectivity index (χ1) is 8.08. The standard InChI is InChI=1S/C11H7F2NO3/c12-10(13)7-3-1-2-6(4-7)9-5-8(11(15)16)14-17-9/h1-5,10H,(H,15,16). The van der Waals surface area contributed by atoms with Gasteiger partial charge in [-0.15, -0.1) is 0 Å². The highest BCUT2D eigenvalue weighted by Crippen LogP contribution is 2.26. The molecule has 1 N–H and O–H groups in total. The number of halogens is 2. The largest absolute Gasteiger partial charge is 0.476 e. The molecule has 17 heavy (non-hydrogen) atoms. The number of aromatic carboxylic acids is 1. The topological polar surface area (TPSA) is 63.3 Å². The van der Waals surface area contributed by atoms with Gasteiger partial charge in [-0.25, -0.2) is 13.6 Å². The van der Waals surface area contributed by atoms with E-state index in [1.54, 1.807) is 0 Å². The Morgan fingerprint density at radius 3 is 2.71 bits per heavy atom. The van der Waals surface area contributed by atoms with E-state index in [0.717, 1.165) is 0 Å². The molecule has 2 aromatic rings. The van der Waals surface area contributed by atoms with Crippen LogP contribution in [0.1, 0.15) is 22.5 Å². The van der Waals surface area contributed by atoms with Crippen molar-refractivity contribution in [2.75, 3.05) is 0 Å².